The highest BCUT2D eigenvalue weighted by molar-refractivity contribution is 5.94. The lowest BCUT2D eigenvalue weighted by molar-refractivity contribution is 0.0746. The van der Waals surface area contributed by atoms with Crippen LogP contribution >= 0.6 is 0 Å². The highest BCUT2D eigenvalue weighted by Crippen LogP contribution is 2.39. The Labute approximate surface area is 143 Å². The number of hydrogen-bond acceptors (Lipinski definition) is 2. The van der Waals surface area contributed by atoms with E-state index in [1.807, 2.05) is 0 Å². The van der Waals surface area contributed by atoms with Crippen molar-refractivity contribution in [1.82, 2.24) is 9.88 Å². The van der Waals surface area contributed by atoms with Crippen LogP contribution < -0.4 is 5.56 Å². The number of likely N-dealkylation sites (tertiary alicyclic amines) is 1. The van der Waals surface area contributed by atoms with Crippen LogP contribution in [0.4, 0.5) is 8.78 Å². The first-order valence-electron chi connectivity index (χ1n) is 8.44. The number of carbonyl (C=O) groups excluding carboxylic acids is 1. The molecule has 1 N–H and O–H groups in total. The zero-order chi connectivity index (χ0) is 17.6. The summed E-state index contributed by atoms with van der Waals surface area (Å²) in [6.07, 6.45) is 2.10. The molecule has 0 radical (unpaired) electrons. The normalized spacial score (nSPS) is 23.0. The zero-order valence-electron chi connectivity index (χ0n) is 13.6. The third-order valence-electron chi connectivity index (χ3n) is 5.04. The summed E-state index contributed by atoms with van der Waals surface area (Å²) in [5.74, 6) is -0.756. The summed E-state index contributed by atoms with van der Waals surface area (Å²) in [4.78, 5) is 28.8. The van der Waals surface area contributed by atoms with E-state index in [0.29, 0.717) is 5.92 Å². The van der Waals surface area contributed by atoms with Crippen molar-refractivity contribution in [3.63, 3.8) is 0 Å². The maximum Gasteiger partial charge on any atom is 0.261 e. The van der Waals surface area contributed by atoms with Gasteiger partial charge in [0, 0.05) is 24.2 Å². The standard InChI is InChI=1S/C19H18F2N2O2/c20-15-4-2-1-3-14(15)19(21)9-10-23(11-19)18(25)13-7-8-16(12-5-6-12)22-17(13)24/h1-4,7-8,12H,5-6,9-11H2,(H,22,24). The molecule has 1 saturated carbocycles. The summed E-state index contributed by atoms with van der Waals surface area (Å²) < 4.78 is 29.1. The van der Waals surface area contributed by atoms with Gasteiger partial charge in [-0.15, -0.1) is 0 Å². The molecular formula is C19H18F2N2O2. The number of nitrogens with zero attached hydrogens (tertiary/aromatic N) is 1. The zero-order valence-corrected chi connectivity index (χ0v) is 13.6. The van der Waals surface area contributed by atoms with Gasteiger partial charge in [0.05, 0.1) is 6.54 Å². The summed E-state index contributed by atoms with van der Waals surface area (Å²) in [5, 5.41) is 0. The molecule has 6 heteroatoms. The van der Waals surface area contributed by atoms with E-state index in [2.05, 4.69) is 4.98 Å². The van der Waals surface area contributed by atoms with E-state index in [0.717, 1.165) is 18.5 Å². The van der Waals surface area contributed by atoms with Crippen LogP contribution in [-0.4, -0.2) is 28.9 Å². The van der Waals surface area contributed by atoms with E-state index in [9.17, 15) is 14.0 Å². The molecule has 0 bridgehead atoms. The van der Waals surface area contributed by atoms with Crippen LogP contribution in [-0.2, 0) is 5.67 Å². The molecular weight excluding hydrogens is 326 g/mol. The van der Waals surface area contributed by atoms with Crippen molar-refractivity contribution >= 4 is 5.91 Å². The Morgan fingerprint density at radius 1 is 1.20 bits per heavy atom. The fourth-order valence-corrected chi connectivity index (χ4v) is 3.45. The Morgan fingerprint density at radius 3 is 2.64 bits per heavy atom. The number of pyridine rings is 1. The minimum absolute atomic E-state index is 0.00202. The molecule has 1 aromatic carbocycles. The molecule has 2 fully saturated rings. The molecule has 4 rings (SSSR count). The van der Waals surface area contributed by atoms with Crippen molar-refractivity contribution in [2.45, 2.75) is 30.8 Å². The first-order valence-corrected chi connectivity index (χ1v) is 8.44. The molecule has 2 aromatic rings. The topological polar surface area (TPSA) is 53.2 Å². The lowest BCUT2D eigenvalue weighted by Crippen LogP contribution is -2.35. The number of nitrogens with one attached hydrogen (secondary N) is 1. The maximum atomic E-state index is 15.2. The number of rotatable bonds is 3. The number of alkyl halides is 1. The van der Waals surface area contributed by atoms with Gasteiger partial charge in [0.1, 0.15) is 11.4 Å². The van der Waals surface area contributed by atoms with Gasteiger partial charge in [0.15, 0.2) is 5.67 Å². The Bertz CT molecular complexity index is 891. The Morgan fingerprint density at radius 2 is 1.96 bits per heavy atom. The summed E-state index contributed by atoms with van der Waals surface area (Å²) in [5.41, 5.74) is -1.57. The number of H-pyrrole nitrogens is 1. The van der Waals surface area contributed by atoms with E-state index in [1.165, 1.54) is 29.2 Å². The largest absolute Gasteiger partial charge is 0.335 e. The van der Waals surface area contributed by atoms with Crippen LogP contribution in [0.1, 0.15) is 46.8 Å². The van der Waals surface area contributed by atoms with E-state index in [-0.39, 0.29) is 30.6 Å². The van der Waals surface area contributed by atoms with Crippen LogP contribution in [0, 0.1) is 5.82 Å². The molecule has 1 aliphatic carbocycles. The monoisotopic (exact) mass is 344 g/mol. The number of carbonyl (C=O) groups is 1. The molecule has 2 aliphatic rings. The van der Waals surface area contributed by atoms with E-state index >= 15 is 4.39 Å². The smallest absolute Gasteiger partial charge is 0.261 e. The Kier molecular flexibility index (Phi) is 3.71. The van der Waals surface area contributed by atoms with Gasteiger partial charge < -0.3 is 9.88 Å². The van der Waals surface area contributed by atoms with Gasteiger partial charge in [0.2, 0.25) is 0 Å². The molecule has 1 saturated heterocycles. The second-order valence-corrected chi connectivity index (χ2v) is 6.85. The molecule has 1 unspecified atom stereocenters. The minimum atomic E-state index is -1.93. The minimum Gasteiger partial charge on any atom is -0.335 e. The molecule has 1 atom stereocenters. The molecule has 130 valence electrons. The molecule has 1 aromatic heterocycles. The SMILES string of the molecule is O=C(c1ccc(C2CC2)[nH]c1=O)N1CCC(F)(c2ccccc2F)C1. The number of aromatic amines is 1. The van der Waals surface area contributed by atoms with Gasteiger partial charge >= 0.3 is 0 Å². The quantitative estimate of drug-likeness (QED) is 0.930. The van der Waals surface area contributed by atoms with Crippen molar-refractivity contribution in [1.29, 1.82) is 0 Å². The maximum absolute atomic E-state index is 15.2. The van der Waals surface area contributed by atoms with E-state index in [4.69, 9.17) is 0 Å². The fourth-order valence-electron chi connectivity index (χ4n) is 3.45. The van der Waals surface area contributed by atoms with Gasteiger partial charge in [-0.3, -0.25) is 9.59 Å². The van der Waals surface area contributed by atoms with E-state index < -0.39 is 23.0 Å². The van der Waals surface area contributed by atoms with Crippen LogP contribution in [0.5, 0.6) is 0 Å². The van der Waals surface area contributed by atoms with Crippen LogP contribution in [0.3, 0.4) is 0 Å². The van der Waals surface area contributed by atoms with Gasteiger partial charge in [-0.1, -0.05) is 18.2 Å². The molecule has 1 aliphatic heterocycles. The molecule has 0 spiro atoms. The van der Waals surface area contributed by atoms with Crippen LogP contribution in [0.2, 0.25) is 0 Å². The number of benzene rings is 1. The van der Waals surface area contributed by atoms with Gasteiger partial charge in [-0.25, -0.2) is 8.78 Å². The molecule has 1 amide bonds. The molecule has 4 nitrogen and oxygen atoms in total. The lowest BCUT2D eigenvalue weighted by Gasteiger charge is -2.22. The summed E-state index contributed by atoms with van der Waals surface area (Å²) >= 11 is 0. The first kappa shape index (κ1) is 16.0. The predicted octanol–water partition coefficient (Wildman–Crippen LogP) is 3.10. The number of amides is 1. The van der Waals surface area contributed by atoms with E-state index in [1.54, 1.807) is 12.1 Å². The van der Waals surface area contributed by atoms with Crippen LogP contribution in [0.15, 0.2) is 41.2 Å². The van der Waals surface area contributed by atoms with Crippen molar-refractivity contribution in [3.05, 3.63) is 69.4 Å². The average molecular weight is 344 g/mol. The Balaban J connectivity index is 1.56. The van der Waals surface area contributed by atoms with Gasteiger partial charge in [-0.05, 0) is 37.0 Å². The molecule has 2 heterocycles. The predicted molar refractivity (Wildman–Crippen MR) is 88.7 cm³/mol. The van der Waals surface area contributed by atoms with Crippen molar-refractivity contribution in [2.75, 3.05) is 13.1 Å². The average Bonchev–Trinajstić information content (AvgIpc) is 3.37. The van der Waals surface area contributed by atoms with Gasteiger partial charge in [0.25, 0.3) is 11.5 Å². The Hall–Kier alpha value is -2.50. The second kappa shape index (κ2) is 5.79. The third kappa shape index (κ3) is 2.86. The molecule has 25 heavy (non-hydrogen) atoms. The first-order chi connectivity index (χ1) is 12.0. The second-order valence-electron chi connectivity index (χ2n) is 6.85. The van der Waals surface area contributed by atoms with Gasteiger partial charge in [-0.2, -0.15) is 0 Å². The summed E-state index contributed by atoms with van der Waals surface area (Å²) in [6, 6.07) is 8.95. The highest BCUT2D eigenvalue weighted by Gasteiger charge is 2.43. The van der Waals surface area contributed by atoms with Crippen molar-refractivity contribution in [2.24, 2.45) is 0 Å². The summed E-state index contributed by atoms with van der Waals surface area (Å²) in [6.45, 7) is -0.107. The number of halogens is 2. The highest BCUT2D eigenvalue weighted by atomic mass is 19.1. The number of hydrogen-bond donors (Lipinski definition) is 1. The van der Waals surface area contributed by atoms with Crippen LogP contribution in [0.25, 0.3) is 0 Å². The fraction of sp³-hybridized carbons (Fsp3) is 0.368. The van der Waals surface area contributed by atoms with Crippen molar-refractivity contribution in [3.8, 4) is 0 Å². The summed E-state index contributed by atoms with van der Waals surface area (Å²) in [7, 11) is 0. The lowest BCUT2D eigenvalue weighted by atomic mass is 9.94. The van der Waals surface area contributed by atoms with Crippen molar-refractivity contribution < 1.29 is 13.6 Å². The third-order valence-corrected chi connectivity index (χ3v) is 5.04. The number of aromatic nitrogens is 1.